The number of hydrogen-bond donors (Lipinski definition) is 0. The molecule has 0 saturated heterocycles. The van der Waals surface area contributed by atoms with E-state index in [4.69, 9.17) is 4.74 Å². The van der Waals surface area contributed by atoms with Crippen LogP contribution >= 0.6 is 0 Å². The molecule has 0 radical (unpaired) electrons. The molecule has 0 aromatic heterocycles. The lowest BCUT2D eigenvalue weighted by atomic mass is 9.95. The maximum atomic E-state index is 12.0. The average Bonchev–Trinajstić information content (AvgIpc) is 2.39. The molecular formula is C18H26O3. The Morgan fingerprint density at radius 3 is 2.57 bits per heavy atom. The van der Waals surface area contributed by atoms with Gasteiger partial charge in [0.2, 0.25) is 0 Å². The summed E-state index contributed by atoms with van der Waals surface area (Å²) in [6.07, 6.45) is 4.64. The molecule has 0 heterocycles. The molecule has 116 valence electrons. The highest BCUT2D eigenvalue weighted by Crippen LogP contribution is 2.21. The van der Waals surface area contributed by atoms with E-state index < -0.39 is 5.60 Å². The topological polar surface area (TPSA) is 43.4 Å². The van der Waals surface area contributed by atoms with E-state index in [2.05, 4.69) is 6.92 Å². The minimum atomic E-state index is -0.452. The molecule has 0 bridgehead atoms. The second-order valence-corrected chi connectivity index (χ2v) is 6.30. The van der Waals surface area contributed by atoms with Crippen molar-refractivity contribution >= 4 is 12.3 Å². The van der Waals surface area contributed by atoms with E-state index in [1.54, 1.807) is 0 Å². The van der Waals surface area contributed by atoms with Crippen LogP contribution in [-0.2, 0) is 20.7 Å². The van der Waals surface area contributed by atoms with E-state index in [9.17, 15) is 9.59 Å². The van der Waals surface area contributed by atoms with Crippen molar-refractivity contribution in [3.05, 3.63) is 35.9 Å². The van der Waals surface area contributed by atoms with Gasteiger partial charge in [-0.1, -0.05) is 43.7 Å². The summed E-state index contributed by atoms with van der Waals surface area (Å²) in [5, 5.41) is 0. The van der Waals surface area contributed by atoms with Gasteiger partial charge in [-0.3, -0.25) is 4.79 Å². The van der Waals surface area contributed by atoms with Crippen LogP contribution in [0.15, 0.2) is 30.3 Å². The van der Waals surface area contributed by atoms with Crippen LogP contribution in [0.5, 0.6) is 0 Å². The van der Waals surface area contributed by atoms with Gasteiger partial charge < -0.3 is 9.53 Å². The summed E-state index contributed by atoms with van der Waals surface area (Å²) in [6.45, 7) is 5.96. The van der Waals surface area contributed by atoms with E-state index >= 15 is 0 Å². The number of benzene rings is 1. The summed E-state index contributed by atoms with van der Waals surface area (Å²) in [7, 11) is 0. The third-order valence-corrected chi connectivity index (χ3v) is 3.56. The van der Waals surface area contributed by atoms with Crippen molar-refractivity contribution < 1.29 is 14.3 Å². The SMILES string of the molecule is CC(CC=O)CCCC(C)(C)OC(=O)Cc1ccccc1. The molecule has 1 rings (SSSR count). The van der Waals surface area contributed by atoms with Crippen molar-refractivity contribution in [1.29, 1.82) is 0 Å². The molecule has 0 aliphatic heterocycles. The standard InChI is InChI=1S/C18H26O3/c1-15(11-13-19)8-7-12-18(2,3)21-17(20)14-16-9-5-4-6-10-16/h4-6,9-10,13,15H,7-8,11-12,14H2,1-3H3. The largest absolute Gasteiger partial charge is 0.459 e. The molecule has 1 unspecified atom stereocenters. The molecule has 3 heteroatoms. The molecular weight excluding hydrogens is 264 g/mol. The third-order valence-electron chi connectivity index (χ3n) is 3.56. The summed E-state index contributed by atoms with van der Waals surface area (Å²) < 4.78 is 5.58. The Morgan fingerprint density at radius 2 is 1.95 bits per heavy atom. The predicted molar refractivity (Wildman–Crippen MR) is 84.0 cm³/mol. The Bertz CT molecular complexity index is 437. The zero-order valence-corrected chi connectivity index (χ0v) is 13.3. The number of aldehydes is 1. The number of esters is 1. The van der Waals surface area contributed by atoms with E-state index in [0.717, 1.165) is 31.1 Å². The average molecular weight is 290 g/mol. The van der Waals surface area contributed by atoms with E-state index in [0.29, 0.717) is 18.8 Å². The number of rotatable bonds is 9. The van der Waals surface area contributed by atoms with Crippen LogP contribution in [0.2, 0.25) is 0 Å². The first-order valence-corrected chi connectivity index (χ1v) is 7.62. The van der Waals surface area contributed by atoms with Crippen LogP contribution in [0.4, 0.5) is 0 Å². The molecule has 1 aromatic carbocycles. The summed E-state index contributed by atoms with van der Waals surface area (Å²) >= 11 is 0. The second kappa shape index (κ2) is 8.60. The lowest BCUT2D eigenvalue weighted by Gasteiger charge is -2.25. The molecule has 0 aliphatic carbocycles. The van der Waals surface area contributed by atoms with Crippen LogP contribution in [0.1, 0.15) is 52.0 Å². The summed E-state index contributed by atoms with van der Waals surface area (Å²) in [5.74, 6) is 0.213. The van der Waals surface area contributed by atoms with Gasteiger partial charge >= 0.3 is 5.97 Å². The highest BCUT2D eigenvalue weighted by molar-refractivity contribution is 5.72. The second-order valence-electron chi connectivity index (χ2n) is 6.30. The zero-order chi connectivity index (χ0) is 15.7. The molecule has 1 aromatic rings. The first-order chi connectivity index (χ1) is 9.93. The summed E-state index contributed by atoms with van der Waals surface area (Å²) in [6, 6.07) is 9.62. The molecule has 0 spiro atoms. The monoisotopic (exact) mass is 290 g/mol. The van der Waals surface area contributed by atoms with Crippen molar-refractivity contribution in [2.75, 3.05) is 0 Å². The summed E-state index contributed by atoms with van der Waals surface area (Å²) in [4.78, 5) is 22.4. The van der Waals surface area contributed by atoms with Crippen molar-refractivity contribution in [3.63, 3.8) is 0 Å². The number of carbonyl (C=O) groups is 2. The van der Waals surface area contributed by atoms with Gasteiger partial charge in [0.25, 0.3) is 0 Å². The van der Waals surface area contributed by atoms with E-state index in [-0.39, 0.29) is 5.97 Å². The molecule has 0 amide bonds. The molecule has 0 N–H and O–H groups in total. The van der Waals surface area contributed by atoms with Gasteiger partial charge in [-0.15, -0.1) is 0 Å². The fourth-order valence-electron chi connectivity index (χ4n) is 2.32. The van der Waals surface area contributed by atoms with Crippen LogP contribution in [-0.4, -0.2) is 17.9 Å². The molecule has 1 atom stereocenters. The third kappa shape index (κ3) is 7.64. The predicted octanol–water partition coefficient (Wildman–Crippen LogP) is 3.95. The van der Waals surface area contributed by atoms with Crippen molar-refractivity contribution in [2.45, 2.75) is 58.5 Å². The van der Waals surface area contributed by atoms with Crippen LogP contribution in [0.3, 0.4) is 0 Å². The van der Waals surface area contributed by atoms with Crippen LogP contribution in [0, 0.1) is 5.92 Å². The van der Waals surface area contributed by atoms with Crippen LogP contribution in [0.25, 0.3) is 0 Å². The highest BCUT2D eigenvalue weighted by Gasteiger charge is 2.22. The number of carbonyl (C=O) groups excluding carboxylic acids is 2. The van der Waals surface area contributed by atoms with Gasteiger partial charge in [-0.25, -0.2) is 0 Å². The zero-order valence-electron chi connectivity index (χ0n) is 13.3. The number of hydrogen-bond acceptors (Lipinski definition) is 3. The molecule has 3 nitrogen and oxygen atoms in total. The lowest BCUT2D eigenvalue weighted by molar-refractivity contribution is -0.156. The van der Waals surface area contributed by atoms with Gasteiger partial charge in [0.05, 0.1) is 6.42 Å². The lowest BCUT2D eigenvalue weighted by Crippen LogP contribution is -2.29. The van der Waals surface area contributed by atoms with Crippen LogP contribution < -0.4 is 0 Å². The van der Waals surface area contributed by atoms with Gasteiger partial charge in [-0.2, -0.15) is 0 Å². The Labute approximate surface area is 127 Å². The van der Waals surface area contributed by atoms with Crippen molar-refractivity contribution in [2.24, 2.45) is 5.92 Å². The Kier molecular flexibility index (Phi) is 7.13. The van der Waals surface area contributed by atoms with Gasteiger partial charge in [0, 0.05) is 6.42 Å². The number of ether oxygens (including phenoxy) is 1. The van der Waals surface area contributed by atoms with Gasteiger partial charge in [-0.05, 0) is 38.2 Å². The molecule has 0 aliphatic rings. The Balaban J connectivity index is 2.34. The highest BCUT2D eigenvalue weighted by atomic mass is 16.6. The van der Waals surface area contributed by atoms with Gasteiger partial charge in [0.1, 0.15) is 11.9 Å². The Morgan fingerprint density at radius 1 is 1.29 bits per heavy atom. The fraction of sp³-hybridized carbons (Fsp3) is 0.556. The fourth-order valence-corrected chi connectivity index (χ4v) is 2.32. The molecule has 0 saturated carbocycles. The summed E-state index contributed by atoms with van der Waals surface area (Å²) in [5.41, 5.74) is 0.519. The van der Waals surface area contributed by atoms with Crippen molar-refractivity contribution in [1.82, 2.24) is 0 Å². The maximum Gasteiger partial charge on any atom is 0.310 e. The van der Waals surface area contributed by atoms with Crippen molar-refractivity contribution in [3.8, 4) is 0 Å². The quantitative estimate of drug-likeness (QED) is 0.511. The normalized spacial score (nSPS) is 12.7. The first-order valence-electron chi connectivity index (χ1n) is 7.62. The molecule has 0 fully saturated rings. The first kappa shape index (κ1) is 17.4. The smallest absolute Gasteiger partial charge is 0.310 e. The minimum Gasteiger partial charge on any atom is -0.459 e. The van der Waals surface area contributed by atoms with Gasteiger partial charge in [0.15, 0.2) is 0 Å². The van der Waals surface area contributed by atoms with E-state index in [1.807, 2.05) is 44.2 Å². The molecule has 21 heavy (non-hydrogen) atoms. The minimum absolute atomic E-state index is 0.188. The Hall–Kier alpha value is -1.64. The maximum absolute atomic E-state index is 12.0. The van der Waals surface area contributed by atoms with E-state index in [1.165, 1.54) is 0 Å².